The summed E-state index contributed by atoms with van der Waals surface area (Å²) in [4.78, 5) is 29.8. The zero-order chi connectivity index (χ0) is 21.8. The zero-order valence-corrected chi connectivity index (χ0v) is 18.0. The molecule has 1 fully saturated rings. The third-order valence-corrected chi connectivity index (χ3v) is 6.27. The summed E-state index contributed by atoms with van der Waals surface area (Å²) in [5, 5.41) is 7.43. The van der Waals surface area contributed by atoms with Gasteiger partial charge in [0.25, 0.3) is 5.91 Å². The SMILES string of the molecule is COc1cccc(CN2CC=CC[C@H](C3CCN(C(=O)c4nonc4C)CC3)C2=O)c1. The first-order valence-corrected chi connectivity index (χ1v) is 10.7. The zero-order valence-electron chi connectivity index (χ0n) is 18.0. The molecule has 1 aromatic heterocycles. The summed E-state index contributed by atoms with van der Waals surface area (Å²) in [6, 6.07) is 7.84. The quantitative estimate of drug-likeness (QED) is 0.686. The van der Waals surface area contributed by atoms with E-state index < -0.39 is 0 Å². The number of carbonyl (C=O) groups is 2. The minimum atomic E-state index is -0.149. The van der Waals surface area contributed by atoms with Crippen LogP contribution >= 0.6 is 0 Å². The molecule has 2 amide bonds. The average Bonchev–Trinajstić information content (AvgIpc) is 3.15. The molecule has 31 heavy (non-hydrogen) atoms. The number of hydrogen-bond donors (Lipinski definition) is 0. The highest BCUT2D eigenvalue weighted by Gasteiger charge is 2.35. The van der Waals surface area contributed by atoms with Crippen molar-refractivity contribution >= 4 is 11.8 Å². The Morgan fingerprint density at radius 1 is 1.23 bits per heavy atom. The summed E-state index contributed by atoms with van der Waals surface area (Å²) >= 11 is 0. The molecule has 0 spiro atoms. The standard InChI is InChI=1S/C23H28N4O4/c1-16-21(25-31-24-16)23(29)26-12-9-18(10-13-26)20-8-3-4-11-27(22(20)28)15-17-6-5-7-19(14-17)30-2/h3-7,14,18,20H,8-13,15H2,1-2H3/t20-/m1/s1. The molecule has 2 aliphatic heterocycles. The van der Waals surface area contributed by atoms with Gasteiger partial charge in [0, 0.05) is 32.1 Å². The Bertz CT molecular complexity index is 962. The fourth-order valence-corrected chi connectivity index (χ4v) is 4.48. The van der Waals surface area contributed by atoms with Gasteiger partial charge in [-0.25, -0.2) is 4.63 Å². The lowest BCUT2D eigenvalue weighted by Gasteiger charge is -2.36. The number of benzene rings is 1. The second-order valence-corrected chi connectivity index (χ2v) is 8.21. The van der Waals surface area contributed by atoms with Crippen LogP contribution in [0.5, 0.6) is 5.75 Å². The molecule has 0 unspecified atom stereocenters. The fourth-order valence-electron chi connectivity index (χ4n) is 4.48. The minimum absolute atomic E-state index is 0.0583. The van der Waals surface area contributed by atoms with Crippen molar-refractivity contribution in [3.63, 3.8) is 0 Å². The van der Waals surface area contributed by atoms with E-state index in [2.05, 4.69) is 27.1 Å². The van der Waals surface area contributed by atoms with Crippen LogP contribution in [-0.4, -0.2) is 58.7 Å². The Morgan fingerprint density at radius 3 is 2.74 bits per heavy atom. The Hall–Kier alpha value is -3.16. The molecule has 4 rings (SSSR count). The van der Waals surface area contributed by atoms with Crippen LogP contribution in [-0.2, 0) is 11.3 Å². The first-order chi connectivity index (χ1) is 15.1. The molecule has 2 aromatic rings. The summed E-state index contributed by atoms with van der Waals surface area (Å²) in [7, 11) is 1.65. The Morgan fingerprint density at radius 2 is 2.03 bits per heavy atom. The van der Waals surface area contributed by atoms with Crippen molar-refractivity contribution < 1.29 is 19.0 Å². The van der Waals surface area contributed by atoms with E-state index in [0.29, 0.717) is 31.9 Å². The predicted molar refractivity (Wildman–Crippen MR) is 113 cm³/mol. The van der Waals surface area contributed by atoms with Gasteiger partial charge in [-0.2, -0.15) is 0 Å². The van der Waals surface area contributed by atoms with Gasteiger partial charge < -0.3 is 14.5 Å². The topological polar surface area (TPSA) is 88.8 Å². The lowest BCUT2D eigenvalue weighted by molar-refractivity contribution is -0.137. The largest absolute Gasteiger partial charge is 0.497 e. The molecule has 1 atom stereocenters. The van der Waals surface area contributed by atoms with Gasteiger partial charge in [-0.3, -0.25) is 9.59 Å². The second kappa shape index (κ2) is 9.32. The molecule has 8 nitrogen and oxygen atoms in total. The Balaban J connectivity index is 1.40. The molecule has 0 bridgehead atoms. The average molecular weight is 425 g/mol. The highest BCUT2D eigenvalue weighted by molar-refractivity contribution is 5.93. The lowest BCUT2D eigenvalue weighted by Crippen LogP contribution is -2.44. The van der Waals surface area contributed by atoms with Crippen molar-refractivity contribution in [2.45, 2.75) is 32.7 Å². The number of allylic oxidation sites excluding steroid dienone is 1. The van der Waals surface area contributed by atoms with Crippen molar-refractivity contribution in [3.8, 4) is 5.75 Å². The first kappa shape index (κ1) is 21.1. The fraction of sp³-hybridized carbons (Fsp3) is 0.478. The maximum Gasteiger partial charge on any atom is 0.278 e. The van der Waals surface area contributed by atoms with Crippen LogP contribution in [0, 0.1) is 18.8 Å². The van der Waals surface area contributed by atoms with E-state index in [4.69, 9.17) is 4.74 Å². The number of rotatable bonds is 5. The van der Waals surface area contributed by atoms with Crippen LogP contribution in [0.2, 0.25) is 0 Å². The number of hydrogen-bond acceptors (Lipinski definition) is 6. The van der Waals surface area contributed by atoms with Crippen LogP contribution < -0.4 is 4.74 Å². The van der Waals surface area contributed by atoms with E-state index in [1.165, 1.54) is 0 Å². The van der Waals surface area contributed by atoms with Gasteiger partial charge in [0.15, 0.2) is 5.69 Å². The summed E-state index contributed by atoms with van der Waals surface area (Å²) < 4.78 is 9.97. The van der Waals surface area contributed by atoms with E-state index in [1.807, 2.05) is 29.2 Å². The van der Waals surface area contributed by atoms with Crippen LogP contribution in [0.4, 0.5) is 0 Å². The number of amides is 2. The molecule has 3 heterocycles. The first-order valence-electron chi connectivity index (χ1n) is 10.7. The van der Waals surface area contributed by atoms with E-state index in [9.17, 15) is 9.59 Å². The molecule has 164 valence electrons. The van der Waals surface area contributed by atoms with Crippen molar-refractivity contribution in [3.05, 3.63) is 53.4 Å². The van der Waals surface area contributed by atoms with E-state index in [-0.39, 0.29) is 29.3 Å². The van der Waals surface area contributed by atoms with Gasteiger partial charge in [-0.05, 0) is 55.0 Å². The van der Waals surface area contributed by atoms with Gasteiger partial charge in [0.05, 0.1) is 7.11 Å². The van der Waals surface area contributed by atoms with Gasteiger partial charge in [0.1, 0.15) is 11.4 Å². The minimum Gasteiger partial charge on any atom is -0.497 e. The predicted octanol–water partition coefficient (Wildman–Crippen LogP) is 2.84. The molecule has 0 aliphatic carbocycles. The van der Waals surface area contributed by atoms with Crippen molar-refractivity contribution in [2.75, 3.05) is 26.7 Å². The molecule has 1 saturated heterocycles. The van der Waals surface area contributed by atoms with Gasteiger partial charge in [-0.1, -0.05) is 29.4 Å². The summed E-state index contributed by atoms with van der Waals surface area (Å²) in [6.45, 7) is 4.11. The third-order valence-electron chi connectivity index (χ3n) is 6.27. The molecule has 8 heteroatoms. The van der Waals surface area contributed by atoms with Crippen LogP contribution in [0.25, 0.3) is 0 Å². The lowest BCUT2D eigenvalue weighted by atomic mass is 9.81. The molecule has 2 aliphatic rings. The molecule has 0 radical (unpaired) electrons. The van der Waals surface area contributed by atoms with Gasteiger partial charge in [-0.15, -0.1) is 0 Å². The maximum atomic E-state index is 13.4. The van der Waals surface area contributed by atoms with E-state index in [0.717, 1.165) is 30.6 Å². The van der Waals surface area contributed by atoms with E-state index >= 15 is 0 Å². The van der Waals surface area contributed by atoms with Crippen LogP contribution in [0.3, 0.4) is 0 Å². The normalized spacial score (nSPS) is 20.1. The smallest absolute Gasteiger partial charge is 0.278 e. The maximum absolute atomic E-state index is 13.4. The molecular weight excluding hydrogens is 396 g/mol. The number of methoxy groups -OCH3 is 1. The van der Waals surface area contributed by atoms with Crippen LogP contribution in [0.15, 0.2) is 41.0 Å². The summed E-state index contributed by atoms with van der Waals surface area (Å²) in [5.74, 6) is 1.03. The summed E-state index contributed by atoms with van der Waals surface area (Å²) in [6.07, 6.45) is 6.55. The number of aromatic nitrogens is 2. The number of carbonyl (C=O) groups excluding carboxylic acids is 2. The highest BCUT2D eigenvalue weighted by Crippen LogP contribution is 2.31. The number of ether oxygens (including phenoxy) is 1. The molecule has 0 N–H and O–H groups in total. The highest BCUT2D eigenvalue weighted by atomic mass is 16.6. The molecule has 0 saturated carbocycles. The number of piperidine rings is 1. The van der Waals surface area contributed by atoms with Crippen molar-refractivity contribution in [1.29, 1.82) is 0 Å². The number of aryl methyl sites for hydroxylation is 1. The third kappa shape index (κ3) is 4.62. The number of likely N-dealkylation sites (tertiary alicyclic amines) is 1. The molecule has 1 aromatic carbocycles. The van der Waals surface area contributed by atoms with E-state index in [1.54, 1.807) is 18.9 Å². The Kier molecular flexibility index (Phi) is 6.34. The Labute approximate surface area is 181 Å². The van der Waals surface area contributed by atoms with Gasteiger partial charge >= 0.3 is 0 Å². The van der Waals surface area contributed by atoms with Crippen LogP contribution in [0.1, 0.15) is 41.0 Å². The monoisotopic (exact) mass is 424 g/mol. The number of nitrogens with zero attached hydrogens (tertiary/aromatic N) is 4. The molecular formula is C23H28N4O4. The summed E-state index contributed by atoms with van der Waals surface area (Å²) in [5.41, 5.74) is 1.83. The van der Waals surface area contributed by atoms with Crippen molar-refractivity contribution in [1.82, 2.24) is 20.1 Å². The second-order valence-electron chi connectivity index (χ2n) is 8.21. The van der Waals surface area contributed by atoms with Gasteiger partial charge in [0.2, 0.25) is 5.91 Å². The van der Waals surface area contributed by atoms with Crippen molar-refractivity contribution in [2.24, 2.45) is 11.8 Å².